The van der Waals surface area contributed by atoms with E-state index >= 15 is 0 Å². The summed E-state index contributed by atoms with van der Waals surface area (Å²) < 4.78 is 25.6. The number of nitrogens with zero attached hydrogens (tertiary/aromatic N) is 2. The van der Waals surface area contributed by atoms with E-state index in [9.17, 15) is 14.4 Å². The Bertz CT molecular complexity index is 1190. The number of methoxy groups -OCH3 is 3. The quantitative estimate of drug-likeness (QED) is 0.302. The number of hydrogen-bond donors (Lipinski definition) is 1. The fraction of sp³-hybridized carbons (Fsp3) is 0.292. The number of ketones is 1. The summed E-state index contributed by atoms with van der Waals surface area (Å²) >= 11 is 0. The summed E-state index contributed by atoms with van der Waals surface area (Å²) in [5, 5.41) is 6.42. The minimum atomic E-state index is -0.604. The molecule has 0 aliphatic heterocycles. The van der Waals surface area contributed by atoms with Crippen molar-refractivity contribution in [2.24, 2.45) is 0 Å². The van der Waals surface area contributed by atoms with Gasteiger partial charge in [0.2, 0.25) is 5.91 Å². The molecule has 0 unspecified atom stereocenters. The molecular weight excluding hydrogens is 458 g/mol. The molecule has 1 heterocycles. The summed E-state index contributed by atoms with van der Waals surface area (Å²) in [5.41, 5.74) is 0.906. The van der Waals surface area contributed by atoms with Crippen molar-refractivity contribution in [3.8, 4) is 17.2 Å². The molecule has 1 N–H and O–H groups in total. The molecule has 1 amide bonds. The highest BCUT2D eigenvalue weighted by atomic mass is 16.6. The molecule has 2 aromatic carbocycles. The molecule has 0 saturated heterocycles. The summed E-state index contributed by atoms with van der Waals surface area (Å²) in [6.07, 6.45) is -0.322. The highest BCUT2D eigenvalue weighted by Crippen LogP contribution is 2.28. The number of para-hydroxylation sites is 2. The second-order valence-electron chi connectivity index (χ2n) is 7.18. The number of Topliss-reactive ketones (excluding diaryl/α,β-unsaturated/α-hetero) is 1. The van der Waals surface area contributed by atoms with Crippen LogP contribution < -0.4 is 19.5 Å². The number of ether oxygens (including phenoxy) is 4. The van der Waals surface area contributed by atoms with Crippen molar-refractivity contribution in [3.63, 3.8) is 0 Å². The molecule has 184 valence electrons. The van der Waals surface area contributed by atoms with Gasteiger partial charge in [0.05, 0.1) is 39.9 Å². The first-order valence-electron chi connectivity index (χ1n) is 10.6. The molecule has 11 nitrogen and oxygen atoms in total. The third-order valence-electron chi connectivity index (χ3n) is 4.83. The summed E-state index contributed by atoms with van der Waals surface area (Å²) in [5.74, 6) is 0.385. The highest BCUT2D eigenvalue weighted by molar-refractivity contribution is 5.98. The van der Waals surface area contributed by atoms with Crippen molar-refractivity contribution in [3.05, 3.63) is 59.7 Å². The summed E-state index contributed by atoms with van der Waals surface area (Å²) in [7, 11) is 4.47. The van der Waals surface area contributed by atoms with Crippen LogP contribution in [0.15, 0.2) is 47.0 Å². The molecule has 3 rings (SSSR count). The van der Waals surface area contributed by atoms with Crippen LogP contribution in [0.25, 0.3) is 0 Å². The van der Waals surface area contributed by atoms with Crippen LogP contribution >= 0.6 is 0 Å². The van der Waals surface area contributed by atoms with Crippen molar-refractivity contribution in [2.45, 2.75) is 25.9 Å². The molecule has 35 heavy (non-hydrogen) atoms. The predicted octanol–water partition coefficient (Wildman–Crippen LogP) is 2.98. The van der Waals surface area contributed by atoms with Crippen LogP contribution in [0.2, 0.25) is 0 Å². The number of carbonyl (C=O) groups excluding carboxylic acids is 3. The number of aromatic nitrogens is 2. The van der Waals surface area contributed by atoms with Gasteiger partial charge in [0.1, 0.15) is 5.75 Å². The van der Waals surface area contributed by atoms with E-state index in [-0.39, 0.29) is 49.3 Å². The van der Waals surface area contributed by atoms with E-state index in [1.165, 1.54) is 21.3 Å². The van der Waals surface area contributed by atoms with Crippen LogP contribution in [-0.2, 0) is 27.4 Å². The molecule has 0 aliphatic rings. The fourth-order valence-corrected chi connectivity index (χ4v) is 3.09. The summed E-state index contributed by atoms with van der Waals surface area (Å²) in [6.45, 7) is -0.273. The number of hydrogen-bond acceptors (Lipinski definition) is 10. The van der Waals surface area contributed by atoms with Gasteiger partial charge in [-0.05, 0) is 30.3 Å². The third kappa shape index (κ3) is 7.03. The Balaban J connectivity index is 1.44. The van der Waals surface area contributed by atoms with Crippen molar-refractivity contribution >= 4 is 23.3 Å². The molecule has 0 atom stereocenters. The average Bonchev–Trinajstić information content (AvgIpc) is 3.32. The maximum absolute atomic E-state index is 12.4. The van der Waals surface area contributed by atoms with Crippen LogP contribution in [0.3, 0.4) is 0 Å². The van der Waals surface area contributed by atoms with Crippen molar-refractivity contribution in [1.82, 2.24) is 10.1 Å². The lowest BCUT2D eigenvalue weighted by Crippen LogP contribution is -2.15. The van der Waals surface area contributed by atoms with E-state index < -0.39 is 5.97 Å². The minimum Gasteiger partial charge on any atom is -0.495 e. The van der Waals surface area contributed by atoms with Crippen LogP contribution in [0.4, 0.5) is 5.69 Å². The normalized spacial score (nSPS) is 10.4. The number of esters is 1. The third-order valence-corrected chi connectivity index (χ3v) is 4.83. The van der Waals surface area contributed by atoms with Gasteiger partial charge in [0, 0.05) is 12.0 Å². The van der Waals surface area contributed by atoms with Gasteiger partial charge in [0.15, 0.2) is 29.7 Å². The van der Waals surface area contributed by atoms with Crippen molar-refractivity contribution in [1.29, 1.82) is 0 Å². The lowest BCUT2D eigenvalue weighted by molar-refractivity contribution is -0.145. The molecule has 3 aromatic rings. The van der Waals surface area contributed by atoms with E-state index in [4.69, 9.17) is 23.5 Å². The SMILES string of the molecule is COc1ccccc1NC(=O)Cc1noc(COC(=O)CCC(=O)c2ccc(OC)c(OC)c2)n1. The van der Waals surface area contributed by atoms with E-state index in [1.54, 1.807) is 42.5 Å². The van der Waals surface area contributed by atoms with E-state index in [0.29, 0.717) is 28.5 Å². The summed E-state index contributed by atoms with van der Waals surface area (Å²) in [6, 6.07) is 11.7. The average molecular weight is 483 g/mol. The van der Waals surface area contributed by atoms with Crippen LogP contribution in [0.1, 0.15) is 34.9 Å². The Kier molecular flexibility index (Phi) is 8.76. The van der Waals surface area contributed by atoms with Gasteiger partial charge in [-0.2, -0.15) is 4.98 Å². The van der Waals surface area contributed by atoms with E-state index in [2.05, 4.69) is 15.5 Å². The Morgan fingerprint density at radius 3 is 2.40 bits per heavy atom. The summed E-state index contributed by atoms with van der Waals surface area (Å²) in [4.78, 5) is 40.7. The van der Waals surface area contributed by atoms with Crippen molar-refractivity contribution in [2.75, 3.05) is 26.6 Å². The first-order valence-corrected chi connectivity index (χ1v) is 10.6. The van der Waals surface area contributed by atoms with E-state index in [1.807, 2.05) is 0 Å². The molecule has 1 aromatic heterocycles. The molecular formula is C24H25N3O8. The fourth-order valence-electron chi connectivity index (χ4n) is 3.09. The number of rotatable bonds is 12. The first-order chi connectivity index (χ1) is 16.9. The van der Waals surface area contributed by atoms with Gasteiger partial charge in [-0.1, -0.05) is 17.3 Å². The van der Waals surface area contributed by atoms with Gasteiger partial charge in [-0.3, -0.25) is 14.4 Å². The predicted molar refractivity (Wildman–Crippen MR) is 123 cm³/mol. The monoisotopic (exact) mass is 483 g/mol. The van der Waals surface area contributed by atoms with Crippen LogP contribution in [-0.4, -0.2) is 49.1 Å². The molecule has 0 radical (unpaired) electrons. The highest BCUT2D eigenvalue weighted by Gasteiger charge is 2.16. The number of carbonyl (C=O) groups is 3. The second kappa shape index (κ2) is 12.2. The van der Waals surface area contributed by atoms with Crippen LogP contribution in [0.5, 0.6) is 17.2 Å². The number of anilines is 1. The number of nitrogens with one attached hydrogen (secondary N) is 1. The lowest BCUT2D eigenvalue weighted by atomic mass is 10.1. The first kappa shape index (κ1) is 25.2. The molecule has 0 fully saturated rings. The Morgan fingerprint density at radius 2 is 1.66 bits per heavy atom. The maximum Gasteiger partial charge on any atom is 0.306 e. The van der Waals surface area contributed by atoms with Crippen LogP contribution in [0, 0.1) is 0 Å². The Morgan fingerprint density at radius 1 is 0.914 bits per heavy atom. The largest absolute Gasteiger partial charge is 0.495 e. The lowest BCUT2D eigenvalue weighted by Gasteiger charge is -2.09. The Labute approximate surface area is 201 Å². The van der Waals surface area contributed by atoms with Gasteiger partial charge in [0.25, 0.3) is 5.89 Å². The molecule has 0 saturated carbocycles. The molecule has 0 spiro atoms. The van der Waals surface area contributed by atoms with Crippen molar-refractivity contribution < 1.29 is 37.9 Å². The second-order valence-corrected chi connectivity index (χ2v) is 7.18. The van der Waals surface area contributed by atoms with Gasteiger partial charge >= 0.3 is 5.97 Å². The Hall–Kier alpha value is -4.41. The number of benzene rings is 2. The van der Waals surface area contributed by atoms with Gasteiger partial charge < -0.3 is 28.8 Å². The zero-order valence-electron chi connectivity index (χ0n) is 19.5. The zero-order valence-corrected chi connectivity index (χ0v) is 19.5. The van der Waals surface area contributed by atoms with Gasteiger partial charge in [-0.25, -0.2) is 0 Å². The standard InChI is InChI=1S/C24H25N3O8/c1-31-18-7-5-4-6-16(18)25-22(29)13-21-26-23(35-27-21)14-34-24(30)11-9-17(28)15-8-10-19(32-2)20(12-15)33-3/h4-8,10,12H,9,11,13-14H2,1-3H3,(H,25,29). The number of amides is 1. The smallest absolute Gasteiger partial charge is 0.306 e. The van der Waals surface area contributed by atoms with E-state index in [0.717, 1.165) is 0 Å². The minimum absolute atomic E-state index is 0.0321. The molecule has 0 bridgehead atoms. The van der Waals surface area contributed by atoms with Gasteiger partial charge in [-0.15, -0.1) is 0 Å². The maximum atomic E-state index is 12.4. The zero-order chi connectivity index (χ0) is 25.2. The topological polar surface area (TPSA) is 139 Å². The molecule has 0 aliphatic carbocycles. The molecule has 11 heteroatoms.